The lowest BCUT2D eigenvalue weighted by atomic mass is 9.91. The number of carbonyl (C=O) groups excluding carboxylic acids is 2. The van der Waals surface area contributed by atoms with E-state index in [2.05, 4.69) is 13.8 Å². The molecule has 0 atom stereocenters. The maximum Gasteiger partial charge on any atom is 0.410 e. The van der Waals surface area contributed by atoms with E-state index in [4.69, 9.17) is 4.74 Å². The number of hydrogen-bond acceptors (Lipinski definition) is 4. The van der Waals surface area contributed by atoms with Crippen LogP contribution in [0.15, 0.2) is 18.2 Å². The molecule has 2 fully saturated rings. The molecular weight excluding hydrogens is 332 g/mol. The van der Waals surface area contributed by atoms with Gasteiger partial charge in [-0.2, -0.15) is 0 Å². The zero-order valence-electron chi connectivity index (χ0n) is 15.8. The summed E-state index contributed by atoms with van der Waals surface area (Å²) in [6.45, 7) is 8.53. The summed E-state index contributed by atoms with van der Waals surface area (Å²) in [6.07, 6.45) is 1.99. The minimum Gasteiger partial charge on any atom is -0.507 e. The van der Waals surface area contributed by atoms with Gasteiger partial charge in [0.05, 0.1) is 12.1 Å². The number of phenolic OH excluding ortho intramolecular Hbond substituents is 1. The van der Waals surface area contributed by atoms with Crippen molar-refractivity contribution in [3.63, 3.8) is 0 Å². The van der Waals surface area contributed by atoms with Crippen LogP contribution in [-0.2, 0) is 4.74 Å². The number of phenols is 1. The van der Waals surface area contributed by atoms with Crippen LogP contribution in [0, 0.1) is 12.8 Å². The van der Waals surface area contributed by atoms with Crippen molar-refractivity contribution in [3.05, 3.63) is 29.3 Å². The van der Waals surface area contributed by atoms with Gasteiger partial charge in [0.15, 0.2) is 0 Å². The minimum atomic E-state index is -0.472. The van der Waals surface area contributed by atoms with Crippen LogP contribution in [0.2, 0.25) is 0 Å². The molecule has 1 spiro atoms. The summed E-state index contributed by atoms with van der Waals surface area (Å²) < 4.78 is 5.71. The molecule has 1 N–H and O–H groups in total. The zero-order chi connectivity index (χ0) is 18.9. The van der Waals surface area contributed by atoms with Crippen molar-refractivity contribution in [2.45, 2.75) is 45.6 Å². The predicted molar refractivity (Wildman–Crippen MR) is 98.2 cm³/mol. The molecule has 6 nitrogen and oxygen atoms in total. The van der Waals surface area contributed by atoms with Gasteiger partial charge in [-0.25, -0.2) is 4.79 Å². The van der Waals surface area contributed by atoms with Crippen LogP contribution >= 0.6 is 0 Å². The maximum atomic E-state index is 12.7. The number of rotatable bonds is 4. The van der Waals surface area contributed by atoms with Gasteiger partial charge in [-0.3, -0.25) is 4.79 Å². The number of benzene rings is 1. The molecular formula is C20H28N2O4. The van der Waals surface area contributed by atoms with Gasteiger partial charge >= 0.3 is 6.09 Å². The third-order valence-electron chi connectivity index (χ3n) is 5.36. The molecule has 3 rings (SSSR count). The Kier molecular flexibility index (Phi) is 5.12. The van der Waals surface area contributed by atoms with Crippen LogP contribution in [0.5, 0.6) is 5.75 Å². The standard InChI is InChI=1S/C20H28N2O4/c1-14(2)6-9-22-13-20(26-19(22)25)7-10-21(11-8-20)18(24)16-5-4-15(3)12-17(16)23/h4-5,12,14,23H,6-11,13H2,1-3H3. The molecule has 0 saturated carbocycles. The molecule has 2 aliphatic heterocycles. The maximum absolute atomic E-state index is 12.7. The number of nitrogens with zero attached hydrogens (tertiary/aromatic N) is 2. The Morgan fingerprint density at radius 3 is 2.62 bits per heavy atom. The van der Waals surface area contributed by atoms with E-state index in [1.54, 1.807) is 21.9 Å². The number of amides is 2. The first-order valence-corrected chi connectivity index (χ1v) is 9.36. The van der Waals surface area contributed by atoms with Gasteiger partial charge in [0.2, 0.25) is 0 Å². The fraction of sp³-hybridized carbons (Fsp3) is 0.600. The third-order valence-corrected chi connectivity index (χ3v) is 5.36. The second-order valence-electron chi connectivity index (χ2n) is 7.97. The van der Waals surface area contributed by atoms with E-state index in [1.807, 2.05) is 13.0 Å². The summed E-state index contributed by atoms with van der Waals surface area (Å²) in [5, 5.41) is 10.0. The quantitative estimate of drug-likeness (QED) is 0.895. The molecule has 6 heteroatoms. The molecule has 142 valence electrons. The van der Waals surface area contributed by atoms with E-state index in [0.29, 0.717) is 44.0 Å². The number of carbonyl (C=O) groups is 2. The van der Waals surface area contributed by atoms with Crippen molar-refractivity contribution >= 4 is 12.0 Å². The van der Waals surface area contributed by atoms with E-state index in [-0.39, 0.29) is 17.7 Å². The van der Waals surface area contributed by atoms with Gasteiger partial charge in [-0.1, -0.05) is 19.9 Å². The topological polar surface area (TPSA) is 70.1 Å². The van der Waals surface area contributed by atoms with Gasteiger partial charge in [0.1, 0.15) is 11.4 Å². The zero-order valence-corrected chi connectivity index (χ0v) is 15.8. The summed E-state index contributed by atoms with van der Waals surface area (Å²) in [5.41, 5.74) is 0.768. The Hall–Kier alpha value is -2.24. The minimum absolute atomic E-state index is 0.0161. The molecule has 1 aromatic rings. The third kappa shape index (κ3) is 3.79. The lowest BCUT2D eigenvalue weighted by molar-refractivity contribution is 0.00307. The van der Waals surface area contributed by atoms with Gasteiger partial charge in [0, 0.05) is 32.5 Å². The Balaban J connectivity index is 1.60. The highest BCUT2D eigenvalue weighted by molar-refractivity contribution is 5.97. The average molecular weight is 360 g/mol. The highest BCUT2D eigenvalue weighted by Crippen LogP contribution is 2.34. The van der Waals surface area contributed by atoms with E-state index >= 15 is 0 Å². The first-order chi connectivity index (χ1) is 12.3. The van der Waals surface area contributed by atoms with Crippen LogP contribution in [0.4, 0.5) is 4.79 Å². The van der Waals surface area contributed by atoms with Crippen molar-refractivity contribution in [3.8, 4) is 5.75 Å². The summed E-state index contributed by atoms with van der Waals surface area (Å²) in [5.74, 6) is 0.391. The van der Waals surface area contributed by atoms with Crippen molar-refractivity contribution in [1.29, 1.82) is 0 Å². The molecule has 2 saturated heterocycles. The lowest BCUT2D eigenvalue weighted by Crippen LogP contribution is -2.48. The molecule has 0 bridgehead atoms. The predicted octanol–water partition coefficient (Wildman–Crippen LogP) is 3.17. The summed E-state index contributed by atoms with van der Waals surface area (Å²) in [7, 11) is 0. The Morgan fingerprint density at radius 2 is 2.00 bits per heavy atom. The Labute approximate surface area is 154 Å². The van der Waals surface area contributed by atoms with Crippen LogP contribution in [0.1, 0.15) is 49.0 Å². The SMILES string of the molecule is Cc1ccc(C(=O)N2CCC3(CC2)CN(CCC(C)C)C(=O)O3)c(O)c1. The number of ether oxygens (including phenoxy) is 1. The number of likely N-dealkylation sites (tertiary alicyclic amines) is 1. The van der Waals surface area contributed by atoms with E-state index in [0.717, 1.165) is 18.5 Å². The van der Waals surface area contributed by atoms with Gasteiger partial charge in [-0.05, 0) is 37.0 Å². The lowest BCUT2D eigenvalue weighted by Gasteiger charge is -2.37. The van der Waals surface area contributed by atoms with Crippen LogP contribution in [-0.4, -0.2) is 58.7 Å². The Bertz CT molecular complexity index is 693. The van der Waals surface area contributed by atoms with Gasteiger partial charge < -0.3 is 19.6 Å². The number of hydrogen-bond donors (Lipinski definition) is 1. The molecule has 26 heavy (non-hydrogen) atoms. The second-order valence-corrected chi connectivity index (χ2v) is 7.97. The Morgan fingerprint density at radius 1 is 1.31 bits per heavy atom. The summed E-state index contributed by atoms with van der Waals surface area (Å²) >= 11 is 0. The summed E-state index contributed by atoms with van der Waals surface area (Å²) in [4.78, 5) is 28.4. The average Bonchev–Trinajstić information content (AvgIpc) is 2.88. The molecule has 0 radical (unpaired) electrons. The highest BCUT2D eigenvalue weighted by atomic mass is 16.6. The van der Waals surface area contributed by atoms with Crippen molar-refractivity contribution in [1.82, 2.24) is 9.80 Å². The van der Waals surface area contributed by atoms with Crippen molar-refractivity contribution < 1.29 is 19.4 Å². The van der Waals surface area contributed by atoms with Crippen LogP contribution in [0.25, 0.3) is 0 Å². The molecule has 0 aliphatic carbocycles. The molecule has 2 heterocycles. The van der Waals surface area contributed by atoms with Crippen molar-refractivity contribution in [2.24, 2.45) is 5.92 Å². The van der Waals surface area contributed by atoms with E-state index in [9.17, 15) is 14.7 Å². The summed E-state index contributed by atoms with van der Waals surface area (Å²) in [6, 6.07) is 5.09. The number of aromatic hydroxyl groups is 1. The fourth-order valence-electron chi connectivity index (χ4n) is 3.65. The highest BCUT2D eigenvalue weighted by Gasteiger charge is 2.47. The van der Waals surface area contributed by atoms with E-state index < -0.39 is 5.60 Å². The van der Waals surface area contributed by atoms with E-state index in [1.165, 1.54) is 0 Å². The first-order valence-electron chi connectivity index (χ1n) is 9.36. The monoisotopic (exact) mass is 360 g/mol. The fourth-order valence-corrected chi connectivity index (χ4v) is 3.65. The molecule has 0 unspecified atom stereocenters. The number of aryl methyl sites for hydroxylation is 1. The first kappa shape index (κ1) is 18.5. The molecule has 0 aromatic heterocycles. The van der Waals surface area contributed by atoms with Crippen LogP contribution in [0.3, 0.4) is 0 Å². The second kappa shape index (κ2) is 7.17. The smallest absolute Gasteiger partial charge is 0.410 e. The molecule has 2 aliphatic rings. The van der Waals surface area contributed by atoms with Gasteiger partial charge in [-0.15, -0.1) is 0 Å². The van der Waals surface area contributed by atoms with Crippen molar-refractivity contribution in [2.75, 3.05) is 26.2 Å². The molecule has 2 amide bonds. The number of piperidine rings is 1. The largest absolute Gasteiger partial charge is 0.507 e. The van der Waals surface area contributed by atoms with Gasteiger partial charge in [0.25, 0.3) is 5.91 Å². The van der Waals surface area contributed by atoms with Crippen LogP contribution < -0.4 is 0 Å². The normalized spacial score (nSPS) is 19.3. The molecule has 1 aromatic carbocycles.